The van der Waals surface area contributed by atoms with E-state index in [-0.39, 0.29) is 23.7 Å². The summed E-state index contributed by atoms with van der Waals surface area (Å²) in [5, 5.41) is 5.30. The number of nitrogens with one attached hydrogen (secondary N) is 3. The predicted molar refractivity (Wildman–Crippen MR) is 109 cm³/mol. The van der Waals surface area contributed by atoms with Crippen LogP contribution in [0.1, 0.15) is 22.8 Å². The van der Waals surface area contributed by atoms with E-state index in [1.807, 2.05) is 31.1 Å². The second kappa shape index (κ2) is 8.70. The first-order valence-corrected chi connectivity index (χ1v) is 10.2. The lowest BCUT2D eigenvalue weighted by Crippen LogP contribution is -2.25. The minimum Gasteiger partial charge on any atom is -0.363 e. The van der Waals surface area contributed by atoms with Crippen molar-refractivity contribution in [2.24, 2.45) is 0 Å². The largest absolute Gasteiger partial charge is 0.363 e. The minimum atomic E-state index is -3.58. The molecule has 0 fully saturated rings. The Bertz CT molecular complexity index is 972. The highest BCUT2D eigenvalue weighted by Crippen LogP contribution is 2.22. The van der Waals surface area contributed by atoms with E-state index < -0.39 is 15.9 Å². The fourth-order valence-corrected chi connectivity index (χ4v) is 2.94. The number of rotatable bonds is 7. The molecule has 9 nitrogen and oxygen atoms in total. The number of amides is 2. The Morgan fingerprint density at radius 1 is 1.14 bits per heavy atom. The van der Waals surface area contributed by atoms with Crippen molar-refractivity contribution < 1.29 is 18.0 Å². The highest BCUT2D eigenvalue weighted by molar-refractivity contribution is 7.92. The number of pyridine rings is 1. The van der Waals surface area contributed by atoms with Crippen molar-refractivity contribution in [3.63, 3.8) is 0 Å². The molecule has 0 atom stereocenters. The molecule has 1 aromatic carbocycles. The molecule has 3 N–H and O–H groups in total. The van der Waals surface area contributed by atoms with E-state index in [0.29, 0.717) is 5.69 Å². The lowest BCUT2D eigenvalue weighted by atomic mass is 10.1. The summed E-state index contributed by atoms with van der Waals surface area (Å²) in [7, 11) is 0.173. The standard InChI is InChI=1S/C18H23N5O4S/c1-12(24)21-14-6-7-16(22-28(4,26)27)15(9-14)18(25)20-11-13-5-8-17(19-10-13)23(2)3/h5-10,22H,11H2,1-4H3,(H,20,25)(H,21,24). The molecule has 0 aliphatic carbocycles. The lowest BCUT2D eigenvalue weighted by Gasteiger charge is -2.14. The lowest BCUT2D eigenvalue weighted by molar-refractivity contribution is -0.114. The maximum atomic E-state index is 12.7. The molecule has 1 heterocycles. The topological polar surface area (TPSA) is 120 Å². The van der Waals surface area contributed by atoms with Crippen LogP contribution >= 0.6 is 0 Å². The second-order valence-corrected chi connectivity index (χ2v) is 8.17. The summed E-state index contributed by atoms with van der Waals surface area (Å²) in [6.45, 7) is 1.55. The molecule has 0 radical (unpaired) electrons. The maximum absolute atomic E-state index is 12.7. The van der Waals surface area contributed by atoms with E-state index in [1.54, 1.807) is 6.20 Å². The van der Waals surface area contributed by atoms with Gasteiger partial charge in [-0.2, -0.15) is 0 Å². The van der Waals surface area contributed by atoms with Gasteiger partial charge in [0.2, 0.25) is 15.9 Å². The van der Waals surface area contributed by atoms with E-state index in [4.69, 9.17) is 0 Å². The SMILES string of the molecule is CC(=O)Nc1ccc(NS(C)(=O)=O)c(C(=O)NCc2ccc(N(C)C)nc2)c1. The highest BCUT2D eigenvalue weighted by Gasteiger charge is 2.15. The summed E-state index contributed by atoms with van der Waals surface area (Å²) >= 11 is 0. The zero-order valence-electron chi connectivity index (χ0n) is 16.1. The van der Waals surface area contributed by atoms with Crippen LogP contribution in [0.25, 0.3) is 0 Å². The van der Waals surface area contributed by atoms with Gasteiger partial charge in [0, 0.05) is 39.4 Å². The van der Waals surface area contributed by atoms with Crippen molar-refractivity contribution >= 4 is 39.0 Å². The first-order chi connectivity index (χ1) is 13.0. The predicted octanol–water partition coefficient (Wildman–Crippen LogP) is 1.41. The van der Waals surface area contributed by atoms with E-state index in [2.05, 4.69) is 20.3 Å². The van der Waals surface area contributed by atoms with Crippen LogP contribution in [0.3, 0.4) is 0 Å². The molecule has 0 saturated carbocycles. The number of nitrogens with zero attached hydrogens (tertiary/aromatic N) is 2. The molecule has 0 spiro atoms. The Labute approximate surface area is 164 Å². The van der Waals surface area contributed by atoms with E-state index in [1.165, 1.54) is 25.1 Å². The Balaban J connectivity index is 2.21. The molecule has 0 unspecified atom stereocenters. The first-order valence-electron chi connectivity index (χ1n) is 8.35. The van der Waals surface area contributed by atoms with Crippen molar-refractivity contribution in [1.82, 2.24) is 10.3 Å². The van der Waals surface area contributed by atoms with E-state index in [0.717, 1.165) is 17.6 Å². The van der Waals surface area contributed by atoms with Crippen LogP contribution in [0.2, 0.25) is 0 Å². The Morgan fingerprint density at radius 2 is 1.86 bits per heavy atom. The zero-order chi connectivity index (χ0) is 20.9. The van der Waals surface area contributed by atoms with E-state index >= 15 is 0 Å². The molecule has 2 amide bonds. The zero-order valence-corrected chi connectivity index (χ0v) is 16.9. The van der Waals surface area contributed by atoms with Gasteiger partial charge in [-0.1, -0.05) is 6.07 Å². The van der Waals surface area contributed by atoms with Crippen molar-refractivity contribution in [3.8, 4) is 0 Å². The van der Waals surface area contributed by atoms with Crippen LogP contribution in [0.5, 0.6) is 0 Å². The molecule has 150 valence electrons. The van der Waals surface area contributed by atoms with Crippen molar-refractivity contribution in [2.45, 2.75) is 13.5 Å². The smallest absolute Gasteiger partial charge is 0.253 e. The summed E-state index contributed by atoms with van der Waals surface area (Å²) in [5.74, 6) is -0.00463. The average Bonchev–Trinajstić information content (AvgIpc) is 2.59. The number of carbonyl (C=O) groups excluding carboxylic acids is 2. The van der Waals surface area contributed by atoms with E-state index in [9.17, 15) is 18.0 Å². The molecular formula is C18H23N5O4S. The molecule has 0 aliphatic rings. The summed E-state index contributed by atoms with van der Waals surface area (Å²) in [6, 6.07) is 8.02. The normalized spacial score (nSPS) is 10.9. The van der Waals surface area contributed by atoms with Crippen molar-refractivity contribution in [1.29, 1.82) is 0 Å². The molecule has 2 rings (SSSR count). The van der Waals surface area contributed by atoms with Crippen LogP contribution in [0.15, 0.2) is 36.5 Å². The summed E-state index contributed by atoms with van der Waals surface area (Å²) in [4.78, 5) is 30.0. The van der Waals surface area contributed by atoms with Crippen LogP contribution in [0, 0.1) is 0 Å². The molecule has 0 saturated heterocycles. The maximum Gasteiger partial charge on any atom is 0.253 e. The number of hydrogen-bond acceptors (Lipinski definition) is 6. The number of sulfonamides is 1. The highest BCUT2D eigenvalue weighted by atomic mass is 32.2. The third-order valence-electron chi connectivity index (χ3n) is 3.60. The first kappa shape index (κ1) is 21.2. The number of aromatic nitrogens is 1. The van der Waals surface area contributed by atoms with Gasteiger partial charge in [0.25, 0.3) is 5.91 Å². The van der Waals surface area contributed by atoms with Gasteiger partial charge < -0.3 is 15.5 Å². The van der Waals surface area contributed by atoms with Gasteiger partial charge in [-0.25, -0.2) is 13.4 Å². The molecular weight excluding hydrogens is 382 g/mol. The quantitative estimate of drug-likeness (QED) is 0.640. The number of hydrogen-bond donors (Lipinski definition) is 3. The number of benzene rings is 1. The third kappa shape index (κ3) is 6.23. The van der Waals surface area contributed by atoms with Gasteiger partial charge in [-0.3, -0.25) is 14.3 Å². The van der Waals surface area contributed by atoms with Crippen LogP contribution in [0.4, 0.5) is 17.2 Å². The van der Waals surface area contributed by atoms with Crippen molar-refractivity contribution in [3.05, 3.63) is 47.7 Å². The van der Waals surface area contributed by atoms with Gasteiger partial charge in [-0.05, 0) is 29.8 Å². The van der Waals surface area contributed by atoms with Gasteiger partial charge in [0.05, 0.1) is 17.5 Å². The molecule has 2 aromatic rings. The molecule has 10 heteroatoms. The molecule has 1 aromatic heterocycles. The molecule has 0 aliphatic heterocycles. The average molecular weight is 405 g/mol. The van der Waals surface area contributed by atoms with Gasteiger partial charge in [-0.15, -0.1) is 0 Å². The number of carbonyl (C=O) groups is 2. The fourth-order valence-electron chi connectivity index (χ4n) is 2.37. The monoisotopic (exact) mass is 405 g/mol. The fraction of sp³-hybridized carbons (Fsp3) is 0.278. The Morgan fingerprint density at radius 3 is 2.39 bits per heavy atom. The van der Waals surface area contributed by atoms with Crippen molar-refractivity contribution in [2.75, 3.05) is 35.3 Å². The molecule has 28 heavy (non-hydrogen) atoms. The number of anilines is 3. The summed E-state index contributed by atoms with van der Waals surface area (Å²) < 4.78 is 25.5. The minimum absolute atomic E-state index is 0.0922. The van der Waals surface area contributed by atoms with Crippen LogP contribution in [-0.2, 0) is 21.4 Å². The third-order valence-corrected chi connectivity index (χ3v) is 4.19. The van der Waals surface area contributed by atoms with Crippen LogP contribution in [-0.4, -0.2) is 45.6 Å². The van der Waals surface area contributed by atoms with Gasteiger partial charge in [0.15, 0.2) is 0 Å². The Hall–Kier alpha value is -3.14. The summed E-state index contributed by atoms with van der Waals surface area (Å²) in [6.07, 6.45) is 2.65. The van der Waals surface area contributed by atoms with Gasteiger partial charge in [0.1, 0.15) is 5.82 Å². The van der Waals surface area contributed by atoms with Gasteiger partial charge >= 0.3 is 0 Å². The second-order valence-electron chi connectivity index (χ2n) is 6.42. The molecule has 0 bridgehead atoms. The summed E-state index contributed by atoms with van der Waals surface area (Å²) in [5.41, 5.74) is 1.38. The Kier molecular flexibility index (Phi) is 6.57. The van der Waals surface area contributed by atoms with Crippen LogP contribution < -0.4 is 20.3 Å².